The minimum atomic E-state index is -1.01. The summed E-state index contributed by atoms with van der Waals surface area (Å²) < 4.78 is 4.77. The van der Waals surface area contributed by atoms with Gasteiger partial charge in [0.2, 0.25) is 11.5 Å². The highest BCUT2D eigenvalue weighted by Gasteiger charge is 2.24. The molecule has 0 heterocycles. The summed E-state index contributed by atoms with van der Waals surface area (Å²) in [5.41, 5.74) is 9.71. The maximum atomic E-state index is 11.4. The summed E-state index contributed by atoms with van der Waals surface area (Å²) in [5, 5.41) is 30.0. The molecule has 0 fully saturated rings. The third-order valence-electron chi connectivity index (χ3n) is 1.98. The number of carbonyl (C=O) groups excluding carboxylic acids is 1. The number of methoxy groups -OCH3 is 1. The Morgan fingerprint density at radius 2 is 1.84 bits per heavy atom. The van der Waals surface area contributed by atoms with Crippen LogP contribution in [0.4, 0.5) is 10.5 Å². The molecule has 19 heavy (non-hydrogen) atoms. The standard InChI is InChI=1S/C9H11ClN4O5/c1-19-7-3(13-9(18)14-8(11)12)2(10)4(15)5(16)6(7)17/h15-17H,1H3,(H5,11,12,13,14,18). The molecule has 0 unspecified atom stereocenters. The molecule has 0 saturated carbocycles. The predicted octanol–water partition coefficient (Wildman–Crippen LogP) is 0.271. The van der Waals surface area contributed by atoms with Crippen LogP contribution in [0.5, 0.6) is 23.0 Å². The Hall–Kier alpha value is -2.55. The summed E-state index contributed by atoms with van der Waals surface area (Å²) in [6.07, 6.45) is 0. The molecule has 0 aromatic heterocycles. The molecule has 8 N–H and O–H groups in total. The van der Waals surface area contributed by atoms with Gasteiger partial charge >= 0.3 is 6.03 Å². The van der Waals surface area contributed by atoms with Crippen molar-refractivity contribution in [2.45, 2.75) is 0 Å². The van der Waals surface area contributed by atoms with Crippen LogP contribution in [0, 0.1) is 0 Å². The third kappa shape index (κ3) is 2.83. The molecule has 0 radical (unpaired) electrons. The van der Waals surface area contributed by atoms with E-state index in [9.17, 15) is 20.1 Å². The van der Waals surface area contributed by atoms with E-state index in [-0.39, 0.29) is 11.4 Å². The van der Waals surface area contributed by atoms with Gasteiger partial charge < -0.3 is 36.8 Å². The number of urea groups is 1. The molecule has 0 aliphatic rings. The average Bonchev–Trinajstić information content (AvgIpc) is 2.33. The van der Waals surface area contributed by atoms with Crippen LogP contribution in [0.25, 0.3) is 0 Å². The minimum Gasteiger partial charge on any atom is -0.503 e. The first-order valence-electron chi connectivity index (χ1n) is 4.70. The largest absolute Gasteiger partial charge is 0.503 e. The van der Waals surface area contributed by atoms with Crippen molar-refractivity contribution < 1.29 is 24.9 Å². The molecular formula is C9H11ClN4O5. The highest BCUT2D eigenvalue weighted by molar-refractivity contribution is 6.36. The van der Waals surface area contributed by atoms with E-state index in [0.717, 1.165) is 7.11 Å². The van der Waals surface area contributed by atoms with Gasteiger partial charge in [-0.3, -0.25) is 0 Å². The summed E-state index contributed by atoms with van der Waals surface area (Å²) in [6, 6.07) is -1.01. The number of hydrogen-bond donors (Lipinski definition) is 6. The number of ether oxygens (including phenoxy) is 1. The van der Waals surface area contributed by atoms with E-state index in [1.165, 1.54) is 0 Å². The highest BCUT2D eigenvalue weighted by atomic mass is 35.5. The van der Waals surface area contributed by atoms with E-state index in [1.54, 1.807) is 0 Å². The van der Waals surface area contributed by atoms with Crippen LogP contribution in [0.1, 0.15) is 0 Å². The molecule has 1 rings (SSSR count). The Labute approximate surface area is 112 Å². The fourth-order valence-electron chi connectivity index (χ4n) is 1.22. The number of guanidine groups is 1. The van der Waals surface area contributed by atoms with Gasteiger partial charge in [0.15, 0.2) is 17.5 Å². The Morgan fingerprint density at radius 1 is 1.26 bits per heavy atom. The number of nitrogens with one attached hydrogen (secondary N) is 1. The van der Waals surface area contributed by atoms with Gasteiger partial charge in [-0.25, -0.2) is 4.79 Å². The number of phenols is 3. The number of aromatic hydroxyl groups is 3. The van der Waals surface area contributed by atoms with Crippen LogP contribution in [-0.2, 0) is 0 Å². The molecule has 0 spiro atoms. The van der Waals surface area contributed by atoms with Gasteiger partial charge in [0.25, 0.3) is 0 Å². The van der Waals surface area contributed by atoms with Crippen LogP contribution in [-0.4, -0.2) is 34.4 Å². The highest BCUT2D eigenvalue weighted by Crippen LogP contribution is 2.52. The zero-order valence-electron chi connectivity index (χ0n) is 9.64. The zero-order chi connectivity index (χ0) is 14.7. The van der Waals surface area contributed by atoms with Crippen molar-refractivity contribution in [3.05, 3.63) is 5.02 Å². The number of nitrogens with zero attached hydrogens (tertiary/aromatic N) is 1. The zero-order valence-corrected chi connectivity index (χ0v) is 10.4. The van der Waals surface area contributed by atoms with Gasteiger partial charge in [-0.1, -0.05) is 11.6 Å². The van der Waals surface area contributed by atoms with Crippen molar-refractivity contribution in [3.8, 4) is 23.0 Å². The van der Waals surface area contributed by atoms with E-state index in [0.29, 0.717) is 0 Å². The maximum absolute atomic E-state index is 11.4. The van der Waals surface area contributed by atoms with Crippen LogP contribution in [0.15, 0.2) is 4.99 Å². The molecule has 0 aliphatic carbocycles. The molecule has 9 nitrogen and oxygen atoms in total. The first-order chi connectivity index (χ1) is 8.79. The van der Waals surface area contributed by atoms with Crippen molar-refractivity contribution in [1.29, 1.82) is 0 Å². The molecule has 0 saturated heterocycles. The van der Waals surface area contributed by atoms with Crippen LogP contribution < -0.4 is 21.5 Å². The van der Waals surface area contributed by atoms with Crippen LogP contribution >= 0.6 is 11.6 Å². The number of halogens is 1. The Bertz CT molecular complexity index is 556. The third-order valence-corrected chi connectivity index (χ3v) is 2.35. The second-order valence-electron chi connectivity index (χ2n) is 3.23. The summed E-state index contributed by atoms with van der Waals surface area (Å²) >= 11 is 5.71. The first kappa shape index (κ1) is 14.5. The average molecular weight is 291 g/mol. The molecule has 1 aromatic carbocycles. The van der Waals surface area contributed by atoms with Gasteiger partial charge in [0.05, 0.1) is 7.11 Å². The molecule has 2 amide bonds. The topological polar surface area (TPSA) is 163 Å². The lowest BCUT2D eigenvalue weighted by atomic mass is 10.2. The summed E-state index contributed by atoms with van der Waals surface area (Å²) in [4.78, 5) is 14.5. The van der Waals surface area contributed by atoms with Crippen molar-refractivity contribution in [1.82, 2.24) is 0 Å². The van der Waals surface area contributed by atoms with E-state index in [4.69, 9.17) is 27.8 Å². The lowest BCUT2D eigenvalue weighted by Crippen LogP contribution is -2.25. The molecule has 0 bridgehead atoms. The number of rotatable bonds is 2. The summed E-state index contributed by atoms with van der Waals surface area (Å²) in [5.74, 6) is -3.38. The maximum Gasteiger partial charge on any atom is 0.348 e. The number of aliphatic imine (C=N–C) groups is 1. The normalized spacial score (nSPS) is 9.79. The number of nitrogens with two attached hydrogens (primary N) is 2. The number of anilines is 1. The summed E-state index contributed by atoms with van der Waals surface area (Å²) in [6.45, 7) is 0. The van der Waals surface area contributed by atoms with E-state index >= 15 is 0 Å². The summed E-state index contributed by atoms with van der Waals surface area (Å²) in [7, 11) is 1.15. The quantitative estimate of drug-likeness (QED) is 0.197. The molecule has 104 valence electrons. The van der Waals surface area contributed by atoms with Gasteiger partial charge in [0.1, 0.15) is 10.7 Å². The molecule has 10 heteroatoms. The smallest absolute Gasteiger partial charge is 0.348 e. The van der Waals surface area contributed by atoms with Gasteiger partial charge in [-0.2, -0.15) is 4.99 Å². The Balaban J connectivity index is 3.35. The minimum absolute atomic E-state index is 0.299. The van der Waals surface area contributed by atoms with Crippen molar-refractivity contribution in [3.63, 3.8) is 0 Å². The van der Waals surface area contributed by atoms with Gasteiger partial charge in [-0.05, 0) is 0 Å². The van der Waals surface area contributed by atoms with Gasteiger partial charge in [0, 0.05) is 0 Å². The SMILES string of the molecule is COc1c(O)c(O)c(O)c(Cl)c1NC(=O)N=C(N)N. The fraction of sp³-hybridized carbons (Fsp3) is 0.111. The number of benzene rings is 1. The van der Waals surface area contributed by atoms with E-state index in [1.807, 2.05) is 0 Å². The number of amides is 2. The number of phenolic OH excluding ortho intramolecular Hbond substituents is 3. The van der Waals surface area contributed by atoms with Crippen LogP contribution in [0.3, 0.4) is 0 Å². The Kier molecular flexibility index (Phi) is 4.12. The van der Waals surface area contributed by atoms with Crippen molar-refractivity contribution >= 4 is 29.3 Å². The second kappa shape index (κ2) is 5.40. The van der Waals surface area contributed by atoms with Crippen molar-refractivity contribution in [2.24, 2.45) is 16.5 Å². The van der Waals surface area contributed by atoms with Crippen molar-refractivity contribution in [2.75, 3.05) is 12.4 Å². The fourth-order valence-corrected chi connectivity index (χ4v) is 1.45. The van der Waals surface area contributed by atoms with Gasteiger partial charge in [-0.15, -0.1) is 0 Å². The second-order valence-corrected chi connectivity index (χ2v) is 3.61. The molecule has 1 aromatic rings. The molecule has 0 atom stereocenters. The Morgan fingerprint density at radius 3 is 2.32 bits per heavy atom. The monoisotopic (exact) mass is 290 g/mol. The van der Waals surface area contributed by atoms with E-state index in [2.05, 4.69) is 10.3 Å². The predicted molar refractivity (Wildman–Crippen MR) is 67.8 cm³/mol. The number of hydrogen-bond acceptors (Lipinski definition) is 5. The molecular weight excluding hydrogens is 280 g/mol. The molecule has 0 aliphatic heterocycles. The lowest BCUT2D eigenvalue weighted by molar-refractivity contribution is 0.259. The lowest BCUT2D eigenvalue weighted by Gasteiger charge is -2.14. The number of carbonyl (C=O) groups is 1. The first-order valence-corrected chi connectivity index (χ1v) is 5.08. The van der Waals surface area contributed by atoms with E-state index < -0.39 is 34.3 Å². The van der Waals surface area contributed by atoms with Crippen LogP contribution in [0.2, 0.25) is 5.02 Å².